The summed E-state index contributed by atoms with van der Waals surface area (Å²) in [7, 11) is 0. The molecule has 1 saturated heterocycles. The molecule has 2 aromatic carbocycles. The van der Waals surface area contributed by atoms with Crippen molar-refractivity contribution in [2.45, 2.75) is 38.3 Å². The fourth-order valence-corrected chi connectivity index (χ4v) is 4.75. The number of carbonyl (C=O) groups is 3. The second-order valence-corrected chi connectivity index (χ2v) is 9.12. The van der Waals surface area contributed by atoms with E-state index in [-0.39, 0.29) is 30.9 Å². The summed E-state index contributed by atoms with van der Waals surface area (Å²) in [6.45, 7) is 4.23. The number of nitrogens with one attached hydrogen (secondary N) is 2. The Morgan fingerprint density at radius 1 is 1.06 bits per heavy atom. The van der Waals surface area contributed by atoms with Crippen molar-refractivity contribution in [1.29, 1.82) is 0 Å². The van der Waals surface area contributed by atoms with Gasteiger partial charge in [-0.1, -0.05) is 62.4 Å². The van der Waals surface area contributed by atoms with Gasteiger partial charge in [-0.2, -0.15) is 0 Å². The number of alkyl carbamates (subject to hydrolysis) is 1. The molecule has 0 saturated carbocycles. The van der Waals surface area contributed by atoms with E-state index in [0.717, 1.165) is 22.3 Å². The van der Waals surface area contributed by atoms with Crippen LogP contribution in [0.25, 0.3) is 11.1 Å². The van der Waals surface area contributed by atoms with E-state index in [1.807, 2.05) is 24.3 Å². The maximum atomic E-state index is 12.6. The monoisotopic (exact) mass is 466 g/mol. The van der Waals surface area contributed by atoms with Crippen molar-refractivity contribution in [1.82, 2.24) is 10.6 Å². The van der Waals surface area contributed by atoms with Crippen LogP contribution in [0.3, 0.4) is 0 Å². The van der Waals surface area contributed by atoms with E-state index < -0.39 is 30.1 Å². The lowest BCUT2D eigenvalue weighted by atomic mass is 9.98. The molecular weight excluding hydrogens is 436 g/mol. The molecular formula is C26H30N2O6. The van der Waals surface area contributed by atoms with Crippen LogP contribution in [-0.2, 0) is 19.1 Å². The first-order valence-corrected chi connectivity index (χ1v) is 11.6. The zero-order valence-corrected chi connectivity index (χ0v) is 19.3. The Hall–Kier alpha value is -3.39. The van der Waals surface area contributed by atoms with Crippen LogP contribution in [-0.4, -0.2) is 55.0 Å². The first-order valence-electron chi connectivity index (χ1n) is 11.6. The fraction of sp³-hybridized carbons (Fsp3) is 0.423. The Balaban J connectivity index is 1.31. The van der Waals surface area contributed by atoms with E-state index in [1.54, 1.807) is 13.8 Å². The molecule has 0 bridgehead atoms. The van der Waals surface area contributed by atoms with Gasteiger partial charge in [0.25, 0.3) is 0 Å². The van der Waals surface area contributed by atoms with Gasteiger partial charge < -0.3 is 25.2 Å². The second kappa shape index (κ2) is 10.3. The Kier molecular flexibility index (Phi) is 7.17. The predicted octanol–water partition coefficient (Wildman–Crippen LogP) is 3.16. The zero-order chi connectivity index (χ0) is 24.2. The quantitative estimate of drug-likeness (QED) is 0.551. The molecule has 0 unspecified atom stereocenters. The highest BCUT2D eigenvalue weighted by molar-refractivity contribution is 5.87. The van der Waals surface area contributed by atoms with Gasteiger partial charge in [-0.05, 0) is 34.6 Å². The third-order valence-corrected chi connectivity index (χ3v) is 6.56. The molecule has 2 amide bonds. The molecule has 0 radical (unpaired) electrons. The predicted molar refractivity (Wildman–Crippen MR) is 125 cm³/mol. The fourth-order valence-electron chi connectivity index (χ4n) is 4.75. The lowest BCUT2D eigenvalue weighted by Gasteiger charge is -2.23. The van der Waals surface area contributed by atoms with Crippen LogP contribution in [0.15, 0.2) is 48.5 Å². The molecule has 0 spiro atoms. The van der Waals surface area contributed by atoms with E-state index in [9.17, 15) is 19.5 Å². The van der Waals surface area contributed by atoms with E-state index in [1.165, 1.54) is 0 Å². The Bertz CT molecular complexity index is 1020. The van der Waals surface area contributed by atoms with Crippen molar-refractivity contribution in [3.8, 4) is 11.1 Å². The summed E-state index contributed by atoms with van der Waals surface area (Å²) in [5.74, 6) is -2.12. The highest BCUT2D eigenvalue weighted by Crippen LogP contribution is 2.44. The van der Waals surface area contributed by atoms with Crippen molar-refractivity contribution >= 4 is 18.0 Å². The van der Waals surface area contributed by atoms with Crippen molar-refractivity contribution in [3.05, 3.63) is 59.7 Å². The molecule has 3 N–H and O–H groups in total. The number of carboxylic acid groups (broad SMARTS) is 1. The van der Waals surface area contributed by atoms with Crippen molar-refractivity contribution in [3.63, 3.8) is 0 Å². The molecule has 8 heteroatoms. The lowest BCUT2D eigenvalue weighted by molar-refractivity contribution is -0.145. The largest absolute Gasteiger partial charge is 0.480 e. The number of benzene rings is 2. The number of rotatable bonds is 8. The minimum absolute atomic E-state index is 0.0320. The van der Waals surface area contributed by atoms with Gasteiger partial charge in [0.2, 0.25) is 5.91 Å². The summed E-state index contributed by atoms with van der Waals surface area (Å²) in [5, 5.41) is 14.6. The number of ether oxygens (including phenoxy) is 2. The Labute approximate surface area is 198 Å². The summed E-state index contributed by atoms with van der Waals surface area (Å²) in [6, 6.07) is 15.2. The SMILES string of the molecule is CC(C)[C@H](NC(=O)[C@H]1OCC[C@H]1CNC(=O)OCC1c2ccccc2-c2ccccc21)C(=O)O. The number of fused-ring (bicyclic) bond motifs is 3. The van der Waals surface area contributed by atoms with Crippen molar-refractivity contribution < 1.29 is 29.0 Å². The van der Waals surface area contributed by atoms with Crippen molar-refractivity contribution in [2.24, 2.45) is 11.8 Å². The number of hydrogen-bond acceptors (Lipinski definition) is 5. The van der Waals surface area contributed by atoms with Gasteiger partial charge in [0.1, 0.15) is 18.8 Å². The van der Waals surface area contributed by atoms with Crippen LogP contribution < -0.4 is 10.6 Å². The molecule has 1 aliphatic carbocycles. The first kappa shape index (κ1) is 23.8. The third kappa shape index (κ3) is 4.92. The van der Waals surface area contributed by atoms with Gasteiger partial charge in [-0.15, -0.1) is 0 Å². The average Bonchev–Trinajstić information content (AvgIpc) is 3.42. The Morgan fingerprint density at radius 2 is 1.68 bits per heavy atom. The van der Waals surface area contributed by atoms with Gasteiger partial charge in [0, 0.05) is 25.0 Å². The molecule has 1 heterocycles. The molecule has 180 valence electrons. The molecule has 2 aromatic rings. The van der Waals surface area contributed by atoms with Gasteiger partial charge >= 0.3 is 12.1 Å². The molecule has 0 aromatic heterocycles. The van der Waals surface area contributed by atoms with Crippen LogP contribution in [0, 0.1) is 11.8 Å². The standard InChI is InChI=1S/C26H30N2O6/c1-15(2)22(25(30)31)28-24(29)23-16(11-12-33-23)13-27-26(32)34-14-21-19-9-5-3-7-17(19)18-8-4-6-10-20(18)21/h3-10,15-16,21-23H,11-14H2,1-2H3,(H,27,32)(H,28,29)(H,30,31)/t16-,22-,23-/m0/s1. The number of aliphatic carboxylic acids is 1. The maximum absolute atomic E-state index is 12.6. The number of carboxylic acids is 1. The van der Waals surface area contributed by atoms with Crippen LogP contribution in [0.2, 0.25) is 0 Å². The summed E-state index contributed by atoms with van der Waals surface area (Å²) in [6.07, 6.45) is -0.783. The van der Waals surface area contributed by atoms with E-state index in [4.69, 9.17) is 9.47 Å². The number of carbonyl (C=O) groups excluding carboxylic acids is 2. The molecule has 1 fully saturated rings. The zero-order valence-electron chi connectivity index (χ0n) is 19.3. The molecule has 4 rings (SSSR count). The molecule has 34 heavy (non-hydrogen) atoms. The maximum Gasteiger partial charge on any atom is 0.407 e. The van der Waals surface area contributed by atoms with E-state index >= 15 is 0 Å². The normalized spacial score (nSPS) is 19.9. The topological polar surface area (TPSA) is 114 Å². The summed E-state index contributed by atoms with van der Waals surface area (Å²) in [4.78, 5) is 36.5. The van der Waals surface area contributed by atoms with Crippen LogP contribution in [0.1, 0.15) is 37.3 Å². The van der Waals surface area contributed by atoms with Gasteiger partial charge in [-0.3, -0.25) is 4.79 Å². The molecule has 8 nitrogen and oxygen atoms in total. The number of hydrogen-bond donors (Lipinski definition) is 3. The van der Waals surface area contributed by atoms with Gasteiger partial charge in [0.05, 0.1) is 0 Å². The average molecular weight is 467 g/mol. The second-order valence-electron chi connectivity index (χ2n) is 9.12. The Morgan fingerprint density at radius 3 is 2.26 bits per heavy atom. The van der Waals surface area contributed by atoms with Crippen LogP contribution in [0.5, 0.6) is 0 Å². The van der Waals surface area contributed by atoms with Crippen LogP contribution in [0.4, 0.5) is 4.79 Å². The molecule has 2 aliphatic rings. The highest BCUT2D eigenvalue weighted by atomic mass is 16.5. The molecule has 1 aliphatic heterocycles. The smallest absolute Gasteiger partial charge is 0.407 e. The minimum Gasteiger partial charge on any atom is -0.480 e. The summed E-state index contributed by atoms with van der Waals surface area (Å²) < 4.78 is 11.1. The summed E-state index contributed by atoms with van der Waals surface area (Å²) >= 11 is 0. The lowest BCUT2D eigenvalue weighted by Crippen LogP contribution is -2.50. The third-order valence-electron chi connectivity index (χ3n) is 6.56. The highest BCUT2D eigenvalue weighted by Gasteiger charge is 2.37. The van der Waals surface area contributed by atoms with Crippen molar-refractivity contribution in [2.75, 3.05) is 19.8 Å². The van der Waals surface area contributed by atoms with Gasteiger partial charge in [-0.25, -0.2) is 9.59 Å². The first-order chi connectivity index (χ1) is 16.4. The van der Waals surface area contributed by atoms with Crippen LogP contribution >= 0.6 is 0 Å². The minimum atomic E-state index is -1.09. The summed E-state index contributed by atoms with van der Waals surface area (Å²) in [5.41, 5.74) is 4.58. The number of amides is 2. The molecule has 3 atom stereocenters. The van der Waals surface area contributed by atoms with Gasteiger partial charge in [0.15, 0.2) is 0 Å². The van der Waals surface area contributed by atoms with E-state index in [0.29, 0.717) is 13.0 Å². The van der Waals surface area contributed by atoms with E-state index in [2.05, 4.69) is 34.9 Å².